The molecule has 0 bridgehead atoms. The molecule has 0 radical (unpaired) electrons. The lowest BCUT2D eigenvalue weighted by Gasteiger charge is -2.29. The van der Waals surface area contributed by atoms with Gasteiger partial charge in [0.05, 0.1) is 0 Å². The van der Waals surface area contributed by atoms with Crippen LogP contribution >= 0.6 is 0 Å². The number of phenolic OH excluding ortho intramolecular Hbond substituents is 1. The van der Waals surface area contributed by atoms with Crippen molar-refractivity contribution in [3.8, 4) is 5.75 Å². The summed E-state index contributed by atoms with van der Waals surface area (Å²) in [4.78, 5) is 20.8. The van der Waals surface area contributed by atoms with Gasteiger partial charge in [0.2, 0.25) is 13.1 Å². The smallest absolute Gasteiger partial charge is 0.217 e. The highest BCUT2D eigenvalue weighted by Gasteiger charge is 2.31. The zero-order valence-corrected chi connectivity index (χ0v) is 15.1. The molecule has 0 fully saturated rings. The third-order valence-electron chi connectivity index (χ3n) is 3.96. The van der Waals surface area contributed by atoms with Gasteiger partial charge in [-0.25, -0.2) is 0 Å². The average molecular weight is 338 g/mol. The number of hydrogen-bond acceptors (Lipinski definition) is 5. The van der Waals surface area contributed by atoms with Crippen LogP contribution in [0.5, 0.6) is 5.75 Å². The minimum Gasteiger partial charge on any atom is -0.507 e. The first kappa shape index (κ1) is 19.9. The summed E-state index contributed by atoms with van der Waals surface area (Å²) in [5.74, 6) is -0.683. The largest absolute Gasteiger partial charge is 0.507 e. The number of hydrogen-bond donors (Lipinski definition) is 1. The summed E-state index contributed by atoms with van der Waals surface area (Å²) < 4.78 is 0. The fourth-order valence-corrected chi connectivity index (χ4v) is 2.66. The second kappa shape index (κ2) is 6.75. The Kier molecular flexibility index (Phi) is 5.58. The number of benzene rings is 1. The van der Waals surface area contributed by atoms with Gasteiger partial charge in [0.1, 0.15) is 11.7 Å². The van der Waals surface area contributed by atoms with Gasteiger partial charge in [-0.05, 0) is 27.5 Å². The molecule has 7 heteroatoms. The summed E-state index contributed by atoms with van der Waals surface area (Å²) in [6.07, 6.45) is 0. The maximum Gasteiger partial charge on any atom is 0.217 e. The summed E-state index contributed by atoms with van der Waals surface area (Å²) in [5.41, 5.74) is 1.01. The molecule has 1 N–H and O–H groups in total. The molecule has 0 aliphatic rings. The molecule has 1 aromatic rings. The first-order chi connectivity index (χ1) is 10.7. The minimum absolute atomic E-state index is 0.153. The summed E-state index contributed by atoms with van der Waals surface area (Å²) in [6, 6.07) is 3.34. The Hall–Kier alpha value is -2.18. The van der Waals surface area contributed by atoms with Crippen LogP contribution in [0, 0.1) is 20.2 Å². The summed E-state index contributed by atoms with van der Waals surface area (Å²) in [5, 5.41) is 32.5. The lowest BCUT2D eigenvalue weighted by atomic mass is 9.77. The Balaban J connectivity index is 3.61. The molecule has 0 heterocycles. The van der Waals surface area contributed by atoms with Gasteiger partial charge in [-0.2, -0.15) is 0 Å². The van der Waals surface area contributed by atoms with Gasteiger partial charge in [0.25, 0.3) is 0 Å². The number of nitrogens with zero attached hydrogens (tertiary/aromatic N) is 2. The lowest BCUT2D eigenvalue weighted by molar-refractivity contribution is -0.516. The first-order valence-corrected chi connectivity index (χ1v) is 7.85. The molecule has 0 amide bonds. The van der Waals surface area contributed by atoms with Crippen LogP contribution in [0.1, 0.15) is 64.2 Å². The van der Waals surface area contributed by atoms with E-state index >= 15 is 0 Å². The van der Waals surface area contributed by atoms with Crippen LogP contribution in [0.2, 0.25) is 0 Å². The molecular weight excluding hydrogens is 312 g/mol. The molecule has 0 aromatic heterocycles. The minimum atomic E-state index is -0.835. The van der Waals surface area contributed by atoms with E-state index in [1.807, 2.05) is 41.5 Å². The Morgan fingerprint density at radius 1 is 0.917 bits per heavy atom. The van der Waals surface area contributed by atoms with Crippen molar-refractivity contribution >= 4 is 0 Å². The predicted octanol–water partition coefficient (Wildman–Crippen LogP) is 3.62. The normalized spacial score (nSPS) is 12.5. The van der Waals surface area contributed by atoms with E-state index in [1.54, 1.807) is 12.1 Å². The molecule has 0 aliphatic heterocycles. The maximum absolute atomic E-state index is 10.9. The Morgan fingerprint density at radius 2 is 1.25 bits per heavy atom. The SMILES string of the molecule is CC(C)(C)c1cc(C(C[N+](=O)[O-])C[N+](=O)[O-])cc(C(C)(C)C)c1O. The van der Waals surface area contributed by atoms with Gasteiger partial charge in [-0.15, -0.1) is 0 Å². The van der Waals surface area contributed by atoms with Gasteiger partial charge < -0.3 is 5.11 Å². The zero-order chi connectivity index (χ0) is 18.9. The van der Waals surface area contributed by atoms with E-state index in [0.29, 0.717) is 16.7 Å². The third-order valence-corrected chi connectivity index (χ3v) is 3.96. The third kappa shape index (κ3) is 4.91. The summed E-state index contributed by atoms with van der Waals surface area (Å²) in [6.45, 7) is 10.5. The van der Waals surface area contributed by atoms with Gasteiger partial charge in [-0.1, -0.05) is 53.7 Å². The second-order valence-corrected chi connectivity index (χ2v) is 8.19. The monoisotopic (exact) mass is 338 g/mol. The fraction of sp³-hybridized carbons (Fsp3) is 0.647. The zero-order valence-electron chi connectivity index (χ0n) is 15.1. The number of aromatic hydroxyl groups is 1. The molecule has 0 aliphatic carbocycles. The van der Waals surface area contributed by atoms with E-state index in [1.165, 1.54) is 0 Å². The van der Waals surface area contributed by atoms with E-state index in [-0.39, 0.29) is 5.75 Å². The predicted molar refractivity (Wildman–Crippen MR) is 92.0 cm³/mol. The van der Waals surface area contributed by atoms with Crippen molar-refractivity contribution in [3.63, 3.8) is 0 Å². The van der Waals surface area contributed by atoms with Crippen molar-refractivity contribution in [3.05, 3.63) is 49.1 Å². The van der Waals surface area contributed by atoms with Crippen LogP contribution in [0.4, 0.5) is 0 Å². The van der Waals surface area contributed by atoms with Crippen LogP contribution in [0.3, 0.4) is 0 Å². The highest BCUT2D eigenvalue weighted by molar-refractivity contribution is 5.50. The highest BCUT2D eigenvalue weighted by Crippen LogP contribution is 2.41. The van der Waals surface area contributed by atoms with Gasteiger partial charge in [-0.3, -0.25) is 20.2 Å². The molecule has 0 saturated heterocycles. The summed E-state index contributed by atoms with van der Waals surface area (Å²) in [7, 11) is 0. The van der Waals surface area contributed by atoms with Crippen molar-refractivity contribution in [2.75, 3.05) is 13.1 Å². The fourth-order valence-electron chi connectivity index (χ4n) is 2.66. The van der Waals surface area contributed by atoms with Crippen LogP contribution in [0.25, 0.3) is 0 Å². The van der Waals surface area contributed by atoms with E-state index in [9.17, 15) is 25.3 Å². The van der Waals surface area contributed by atoms with Crippen molar-refractivity contribution in [1.29, 1.82) is 0 Å². The van der Waals surface area contributed by atoms with Gasteiger partial charge in [0, 0.05) is 9.85 Å². The van der Waals surface area contributed by atoms with Crippen molar-refractivity contribution in [2.45, 2.75) is 58.3 Å². The second-order valence-electron chi connectivity index (χ2n) is 8.19. The number of phenols is 1. The quantitative estimate of drug-likeness (QED) is 0.651. The number of rotatable bonds is 5. The van der Waals surface area contributed by atoms with Gasteiger partial charge >= 0.3 is 0 Å². The van der Waals surface area contributed by atoms with Crippen LogP contribution in [-0.2, 0) is 10.8 Å². The number of nitro groups is 2. The Labute approximate surface area is 142 Å². The molecule has 134 valence electrons. The van der Waals surface area contributed by atoms with E-state index < -0.39 is 39.7 Å². The first-order valence-electron chi connectivity index (χ1n) is 7.85. The average Bonchev–Trinajstić information content (AvgIpc) is 2.34. The Bertz CT molecular complexity index is 590. The maximum atomic E-state index is 10.9. The molecule has 0 spiro atoms. The molecule has 1 rings (SSSR count). The molecule has 0 unspecified atom stereocenters. The van der Waals surface area contributed by atoms with Crippen LogP contribution in [-0.4, -0.2) is 28.0 Å². The molecule has 7 nitrogen and oxygen atoms in total. The van der Waals surface area contributed by atoms with E-state index in [0.717, 1.165) is 0 Å². The highest BCUT2D eigenvalue weighted by atomic mass is 16.6. The molecule has 0 atom stereocenters. The molecule has 24 heavy (non-hydrogen) atoms. The van der Waals surface area contributed by atoms with E-state index in [4.69, 9.17) is 0 Å². The molecule has 1 aromatic carbocycles. The van der Waals surface area contributed by atoms with Crippen LogP contribution in [0.15, 0.2) is 12.1 Å². The topological polar surface area (TPSA) is 107 Å². The lowest BCUT2D eigenvalue weighted by Crippen LogP contribution is -2.23. The summed E-state index contributed by atoms with van der Waals surface area (Å²) >= 11 is 0. The standard InChI is InChI=1S/C17H26N2O5/c1-16(2,3)13-7-11(8-14(15(13)20)17(4,5)6)12(9-18(21)22)10-19(23)24/h7-8,12,20H,9-10H2,1-6H3. The van der Waals surface area contributed by atoms with Gasteiger partial charge in [0.15, 0.2) is 0 Å². The molecule has 0 saturated carbocycles. The van der Waals surface area contributed by atoms with Crippen LogP contribution < -0.4 is 0 Å². The van der Waals surface area contributed by atoms with Crippen molar-refractivity contribution < 1.29 is 15.0 Å². The Morgan fingerprint density at radius 3 is 1.50 bits per heavy atom. The van der Waals surface area contributed by atoms with Crippen molar-refractivity contribution in [2.24, 2.45) is 0 Å². The van der Waals surface area contributed by atoms with Crippen molar-refractivity contribution in [1.82, 2.24) is 0 Å². The van der Waals surface area contributed by atoms with E-state index in [2.05, 4.69) is 0 Å². The molecular formula is C17H26N2O5.